The molecular formula is C14H19BrN2O3S. The molecule has 7 heteroatoms. The van der Waals surface area contributed by atoms with E-state index in [9.17, 15) is 4.79 Å². The number of halogens is 1. The van der Waals surface area contributed by atoms with E-state index < -0.39 is 5.60 Å². The number of carbonyl (C=O) groups is 1. The Labute approximate surface area is 136 Å². The van der Waals surface area contributed by atoms with Crippen LogP contribution in [0.15, 0.2) is 9.98 Å². The van der Waals surface area contributed by atoms with Crippen molar-refractivity contribution in [1.29, 1.82) is 0 Å². The highest BCUT2D eigenvalue weighted by Gasteiger charge is 2.50. The van der Waals surface area contributed by atoms with Crippen LogP contribution in [0.1, 0.15) is 37.1 Å². The van der Waals surface area contributed by atoms with E-state index in [1.54, 1.807) is 11.3 Å². The largest absolute Gasteiger partial charge is 0.467 e. The van der Waals surface area contributed by atoms with Crippen LogP contribution in [0.2, 0.25) is 0 Å². The van der Waals surface area contributed by atoms with Crippen LogP contribution in [-0.4, -0.2) is 36.8 Å². The number of ether oxygens (including phenoxy) is 2. The number of hydrogen-bond acceptors (Lipinski definition) is 6. The summed E-state index contributed by atoms with van der Waals surface area (Å²) in [5, 5.41) is 6.55. The highest BCUT2D eigenvalue weighted by atomic mass is 79.9. The molecule has 1 aliphatic carbocycles. The van der Waals surface area contributed by atoms with Gasteiger partial charge in [0.05, 0.1) is 7.11 Å². The summed E-state index contributed by atoms with van der Waals surface area (Å²) in [7, 11) is 1.38. The molecule has 21 heavy (non-hydrogen) atoms. The van der Waals surface area contributed by atoms with Crippen molar-refractivity contribution in [3.05, 3.63) is 15.0 Å². The van der Waals surface area contributed by atoms with E-state index in [0.717, 1.165) is 29.0 Å². The zero-order chi connectivity index (χ0) is 14.9. The number of nitrogens with zero attached hydrogens (tertiary/aromatic N) is 1. The number of esters is 1. The highest BCUT2D eigenvalue weighted by Crippen LogP contribution is 2.48. The van der Waals surface area contributed by atoms with Gasteiger partial charge in [-0.15, -0.1) is 11.3 Å². The lowest BCUT2D eigenvalue weighted by atomic mass is 9.67. The summed E-state index contributed by atoms with van der Waals surface area (Å²) in [6.07, 6.45) is 5.29. The minimum atomic E-state index is -0.476. The van der Waals surface area contributed by atoms with Crippen molar-refractivity contribution in [2.75, 3.05) is 20.3 Å². The molecule has 0 radical (unpaired) electrons. The molecule has 1 unspecified atom stereocenters. The summed E-state index contributed by atoms with van der Waals surface area (Å²) < 4.78 is 11.6. The zero-order valence-corrected chi connectivity index (χ0v) is 14.4. The van der Waals surface area contributed by atoms with Crippen molar-refractivity contribution in [2.24, 2.45) is 0 Å². The first kappa shape index (κ1) is 15.4. The van der Waals surface area contributed by atoms with Crippen molar-refractivity contribution in [3.8, 4) is 0 Å². The Morgan fingerprint density at radius 3 is 2.90 bits per heavy atom. The molecule has 116 valence electrons. The molecule has 0 bridgehead atoms. The molecule has 3 rings (SSSR count). The second-order valence-electron chi connectivity index (χ2n) is 5.82. The molecule has 2 heterocycles. The number of piperidine rings is 1. The predicted molar refractivity (Wildman–Crippen MR) is 83.3 cm³/mol. The molecule has 0 aromatic carbocycles. The molecule has 2 aliphatic rings. The van der Waals surface area contributed by atoms with Crippen LogP contribution in [0.4, 0.5) is 0 Å². The zero-order valence-electron chi connectivity index (χ0n) is 12.0. The molecule has 2 fully saturated rings. The van der Waals surface area contributed by atoms with E-state index in [4.69, 9.17) is 9.47 Å². The average Bonchev–Trinajstić information content (AvgIpc) is 2.90. The Morgan fingerprint density at radius 1 is 1.52 bits per heavy atom. The van der Waals surface area contributed by atoms with Gasteiger partial charge in [-0.1, -0.05) is 0 Å². The Bertz CT molecular complexity index is 532. The smallest absolute Gasteiger partial charge is 0.331 e. The second-order valence-corrected chi connectivity index (χ2v) is 7.49. The summed E-state index contributed by atoms with van der Waals surface area (Å²) in [5.74, 6) is -0.341. The molecule has 1 spiro atoms. The van der Waals surface area contributed by atoms with Crippen molar-refractivity contribution in [3.63, 3.8) is 0 Å². The Balaban J connectivity index is 1.85. The lowest BCUT2D eigenvalue weighted by molar-refractivity contribution is -0.161. The quantitative estimate of drug-likeness (QED) is 0.820. The van der Waals surface area contributed by atoms with Gasteiger partial charge in [-0.05, 0) is 48.2 Å². The second kappa shape index (κ2) is 5.95. The van der Waals surface area contributed by atoms with E-state index in [0.29, 0.717) is 0 Å². The van der Waals surface area contributed by atoms with Crippen LogP contribution in [0.5, 0.6) is 0 Å². The molecule has 1 saturated heterocycles. The Morgan fingerprint density at radius 2 is 2.33 bits per heavy atom. The molecule has 1 aromatic rings. The third-order valence-corrected chi connectivity index (χ3v) is 6.26. The summed E-state index contributed by atoms with van der Waals surface area (Å²) in [4.78, 5) is 16.1. The normalized spacial score (nSPS) is 27.3. The van der Waals surface area contributed by atoms with Gasteiger partial charge in [-0.2, -0.15) is 0 Å². The van der Waals surface area contributed by atoms with Gasteiger partial charge in [0.15, 0.2) is 0 Å². The fourth-order valence-electron chi connectivity index (χ4n) is 3.27. The summed E-state index contributed by atoms with van der Waals surface area (Å²) >= 11 is 5.00. The van der Waals surface area contributed by atoms with Crippen LogP contribution in [0.25, 0.3) is 0 Å². The number of hydrogen-bond donors (Lipinski definition) is 1. The maximum Gasteiger partial charge on any atom is 0.331 e. The maximum absolute atomic E-state index is 11.5. The monoisotopic (exact) mass is 374 g/mol. The SMILES string of the molecule is COC(=O)COC1(c2nc(Br)cs2)CCNC2(CCC2)C1. The van der Waals surface area contributed by atoms with Gasteiger partial charge >= 0.3 is 5.97 Å². The average molecular weight is 375 g/mol. The van der Waals surface area contributed by atoms with Crippen LogP contribution in [-0.2, 0) is 19.9 Å². The van der Waals surface area contributed by atoms with E-state index in [1.165, 1.54) is 26.4 Å². The molecule has 1 atom stereocenters. The first-order chi connectivity index (χ1) is 10.1. The van der Waals surface area contributed by atoms with Crippen LogP contribution < -0.4 is 5.32 Å². The lowest BCUT2D eigenvalue weighted by Gasteiger charge is -2.52. The van der Waals surface area contributed by atoms with Crippen LogP contribution in [0, 0.1) is 0 Å². The van der Waals surface area contributed by atoms with Crippen molar-refractivity contribution in [1.82, 2.24) is 10.3 Å². The fourth-order valence-corrected chi connectivity index (χ4v) is 4.71. The minimum Gasteiger partial charge on any atom is -0.467 e. The van der Waals surface area contributed by atoms with Gasteiger partial charge < -0.3 is 14.8 Å². The lowest BCUT2D eigenvalue weighted by Crippen LogP contribution is -2.60. The number of nitrogens with one attached hydrogen (secondary N) is 1. The molecular weight excluding hydrogens is 356 g/mol. The number of methoxy groups -OCH3 is 1. The van der Waals surface area contributed by atoms with E-state index in [-0.39, 0.29) is 18.1 Å². The Kier molecular flexibility index (Phi) is 4.36. The standard InChI is InChI=1S/C14H19BrN2O3S/c1-19-11(18)7-20-14(12-17-10(15)8-21-12)5-6-16-13(9-14)3-2-4-13/h8,16H,2-7,9H2,1H3. The van der Waals surface area contributed by atoms with Crippen LogP contribution >= 0.6 is 27.3 Å². The van der Waals surface area contributed by atoms with Crippen molar-refractivity contribution < 1.29 is 14.3 Å². The summed E-state index contributed by atoms with van der Waals surface area (Å²) in [6, 6.07) is 0. The molecule has 1 aromatic heterocycles. The van der Waals surface area contributed by atoms with Crippen LogP contribution in [0.3, 0.4) is 0 Å². The Hall–Kier alpha value is -0.500. The molecule has 1 N–H and O–H groups in total. The maximum atomic E-state index is 11.5. The number of carbonyl (C=O) groups excluding carboxylic acids is 1. The first-order valence-corrected chi connectivity index (χ1v) is 8.82. The predicted octanol–water partition coefficient (Wildman–Crippen LogP) is 2.60. The number of aromatic nitrogens is 1. The fraction of sp³-hybridized carbons (Fsp3) is 0.714. The molecule has 1 saturated carbocycles. The van der Waals surface area contributed by atoms with Gasteiger partial charge in [0, 0.05) is 17.3 Å². The molecule has 5 nitrogen and oxygen atoms in total. The van der Waals surface area contributed by atoms with Gasteiger partial charge in [0.2, 0.25) is 0 Å². The third kappa shape index (κ3) is 3.02. The first-order valence-electron chi connectivity index (χ1n) is 7.15. The van der Waals surface area contributed by atoms with E-state index in [1.807, 2.05) is 5.38 Å². The van der Waals surface area contributed by atoms with E-state index in [2.05, 4.69) is 26.2 Å². The topological polar surface area (TPSA) is 60.5 Å². The van der Waals surface area contributed by atoms with Gasteiger partial charge in [0.25, 0.3) is 0 Å². The van der Waals surface area contributed by atoms with Gasteiger partial charge in [0.1, 0.15) is 21.8 Å². The van der Waals surface area contributed by atoms with Gasteiger partial charge in [-0.25, -0.2) is 9.78 Å². The van der Waals surface area contributed by atoms with Crippen molar-refractivity contribution in [2.45, 2.75) is 43.2 Å². The van der Waals surface area contributed by atoms with Gasteiger partial charge in [-0.3, -0.25) is 0 Å². The molecule has 1 aliphatic heterocycles. The van der Waals surface area contributed by atoms with Crippen molar-refractivity contribution >= 4 is 33.2 Å². The number of thiazole rings is 1. The summed E-state index contributed by atoms with van der Waals surface area (Å²) in [5.41, 5.74) is -0.316. The van der Waals surface area contributed by atoms with E-state index >= 15 is 0 Å². The third-order valence-electron chi connectivity index (χ3n) is 4.52. The molecule has 0 amide bonds. The summed E-state index contributed by atoms with van der Waals surface area (Å²) in [6.45, 7) is 0.863. The highest BCUT2D eigenvalue weighted by molar-refractivity contribution is 9.10. The minimum absolute atomic E-state index is 0.0240. The number of rotatable bonds is 4.